The van der Waals surface area contributed by atoms with Crippen molar-refractivity contribution in [3.8, 4) is 0 Å². The van der Waals surface area contributed by atoms with Crippen LogP contribution in [0.1, 0.15) is 13.8 Å². The number of hydrogen-bond acceptors (Lipinski definition) is 3. The lowest BCUT2D eigenvalue weighted by atomic mass is 10.6. The van der Waals surface area contributed by atoms with Crippen molar-refractivity contribution in [2.24, 2.45) is 5.73 Å². The minimum absolute atomic E-state index is 0.250. The molecule has 4 N–H and O–H groups in total. The Morgan fingerprint density at radius 1 is 1.45 bits per heavy atom. The fourth-order valence-electron chi connectivity index (χ4n) is 0. The van der Waals surface area contributed by atoms with Gasteiger partial charge in [-0.25, -0.2) is 0 Å². The number of rotatable bonds is 1. The van der Waals surface area contributed by atoms with Gasteiger partial charge in [0.25, 0.3) is 0 Å². The lowest BCUT2D eigenvalue weighted by Crippen LogP contribution is -2.04. The third-order valence-corrected chi connectivity index (χ3v) is 0.201. The number of aliphatic hydroxyl groups is 2. The van der Waals surface area contributed by atoms with Crippen molar-refractivity contribution in [2.75, 3.05) is 13.2 Å². The Balaban J connectivity index is -0.0000000933. The van der Waals surface area contributed by atoms with Crippen LogP contribution in [-0.4, -0.2) is 29.3 Å². The van der Waals surface area contributed by atoms with Crippen LogP contribution in [0.15, 0.2) is 12.7 Å². The van der Waals surface area contributed by atoms with Crippen LogP contribution >= 0.6 is 0 Å². The van der Waals surface area contributed by atoms with E-state index in [1.165, 1.54) is 0 Å². The summed E-state index contributed by atoms with van der Waals surface area (Å²) in [6.07, 6.45) is 1.06. The summed E-state index contributed by atoms with van der Waals surface area (Å²) in [6, 6.07) is 0. The fourth-order valence-corrected chi connectivity index (χ4v) is 0. The molecule has 11 heavy (non-hydrogen) atoms. The number of aliphatic hydroxyl groups excluding tert-OH is 2. The minimum atomic E-state index is -0.481. The molecule has 0 saturated heterocycles. The molecule has 1 amide bonds. The Morgan fingerprint density at radius 2 is 1.55 bits per heavy atom. The Labute approximate surface area is 67.3 Å². The van der Waals surface area contributed by atoms with Crippen LogP contribution in [0, 0.1) is 0 Å². The molecule has 0 aliphatic rings. The van der Waals surface area contributed by atoms with E-state index in [1.54, 1.807) is 13.8 Å². The average molecular weight is 163 g/mol. The number of amides is 1. The van der Waals surface area contributed by atoms with E-state index in [2.05, 4.69) is 12.3 Å². The second-order valence-corrected chi connectivity index (χ2v) is 1.24. The lowest BCUT2D eigenvalue weighted by Gasteiger charge is -1.65. The van der Waals surface area contributed by atoms with Crippen molar-refractivity contribution in [1.82, 2.24) is 0 Å². The Bertz CT molecular complexity index is 81.8. The van der Waals surface area contributed by atoms with Crippen LogP contribution in [0.4, 0.5) is 0 Å². The number of carbonyl (C=O) groups excluding carboxylic acids is 1. The van der Waals surface area contributed by atoms with Crippen LogP contribution < -0.4 is 5.73 Å². The molecule has 0 rings (SSSR count). The molecule has 0 atom stereocenters. The van der Waals surface area contributed by atoms with Gasteiger partial charge in [0.15, 0.2) is 0 Å². The molecular weight excluding hydrogens is 146 g/mol. The third-order valence-electron chi connectivity index (χ3n) is 0.201. The average Bonchev–Trinajstić information content (AvgIpc) is 1.91. The standard InChI is InChI=1S/C3H5NO.2C2H6O/c1-2-3(4)5;2*1-2-3/h2H,1H2,(H2,4,5);2*3H,2H2,1H3. The van der Waals surface area contributed by atoms with Crippen molar-refractivity contribution in [3.63, 3.8) is 0 Å². The van der Waals surface area contributed by atoms with Gasteiger partial charge in [-0.05, 0) is 19.9 Å². The normalized spacial score (nSPS) is 6.18. The molecule has 0 aromatic rings. The van der Waals surface area contributed by atoms with Gasteiger partial charge in [-0.2, -0.15) is 0 Å². The van der Waals surface area contributed by atoms with Crippen LogP contribution in [0.3, 0.4) is 0 Å². The molecule has 0 aliphatic carbocycles. The number of nitrogens with two attached hydrogens (primary N) is 1. The van der Waals surface area contributed by atoms with Crippen molar-refractivity contribution in [2.45, 2.75) is 13.8 Å². The third kappa shape index (κ3) is 363. The number of primary amides is 1. The maximum Gasteiger partial charge on any atom is 0.240 e. The van der Waals surface area contributed by atoms with E-state index in [1.807, 2.05) is 0 Å². The molecule has 0 aromatic heterocycles. The highest BCUT2D eigenvalue weighted by Gasteiger charge is 1.69. The molecule has 0 radical (unpaired) electrons. The van der Waals surface area contributed by atoms with Gasteiger partial charge in [0.05, 0.1) is 0 Å². The summed E-state index contributed by atoms with van der Waals surface area (Å²) in [5, 5.41) is 15.1. The first-order chi connectivity index (χ1) is 5.10. The first kappa shape index (κ1) is 16.6. The monoisotopic (exact) mass is 163 g/mol. The number of carbonyl (C=O) groups is 1. The first-order valence-electron chi connectivity index (χ1n) is 3.24. The Hall–Kier alpha value is -0.870. The first-order valence-corrected chi connectivity index (χ1v) is 3.24. The number of hydrogen-bond donors (Lipinski definition) is 3. The highest BCUT2D eigenvalue weighted by atomic mass is 16.3. The van der Waals surface area contributed by atoms with Crippen molar-refractivity contribution >= 4 is 5.91 Å². The summed E-state index contributed by atoms with van der Waals surface area (Å²) < 4.78 is 0. The van der Waals surface area contributed by atoms with Gasteiger partial charge in [0.1, 0.15) is 0 Å². The highest BCUT2D eigenvalue weighted by molar-refractivity contribution is 5.84. The van der Waals surface area contributed by atoms with E-state index in [0.717, 1.165) is 6.08 Å². The zero-order valence-electron chi connectivity index (χ0n) is 7.08. The summed E-state index contributed by atoms with van der Waals surface area (Å²) in [4.78, 5) is 9.47. The SMILES string of the molecule is C=CC(N)=O.CCO.CCO. The summed E-state index contributed by atoms with van der Waals surface area (Å²) in [6.45, 7) is 6.95. The molecule has 4 nitrogen and oxygen atoms in total. The van der Waals surface area contributed by atoms with Gasteiger partial charge in [-0.15, -0.1) is 0 Å². The summed E-state index contributed by atoms with van der Waals surface area (Å²) in [5.41, 5.74) is 4.53. The minimum Gasteiger partial charge on any atom is -0.397 e. The van der Waals surface area contributed by atoms with E-state index < -0.39 is 5.91 Å². The van der Waals surface area contributed by atoms with Gasteiger partial charge in [-0.1, -0.05) is 6.58 Å². The molecule has 4 heteroatoms. The van der Waals surface area contributed by atoms with Crippen LogP contribution in [0.2, 0.25) is 0 Å². The topological polar surface area (TPSA) is 83.6 Å². The predicted molar refractivity (Wildman–Crippen MR) is 44.9 cm³/mol. The lowest BCUT2D eigenvalue weighted by molar-refractivity contribution is -0.113. The smallest absolute Gasteiger partial charge is 0.240 e. The molecule has 0 spiro atoms. The Kier molecular flexibility index (Phi) is 34.6. The van der Waals surface area contributed by atoms with Crippen LogP contribution in [0.5, 0.6) is 0 Å². The Morgan fingerprint density at radius 3 is 1.55 bits per heavy atom. The zero-order valence-corrected chi connectivity index (χ0v) is 7.08. The summed E-state index contributed by atoms with van der Waals surface area (Å²) >= 11 is 0. The van der Waals surface area contributed by atoms with Gasteiger partial charge in [-0.3, -0.25) is 4.79 Å². The maximum atomic E-state index is 9.47. The molecule has 0 aromatic carbocycles. The van der Waals surface area contributed by atoms with Gasteiger partial charge in [0, 0.05) is 13.2 Å². The van der Waals surface area contributed by atoms with E-state index in [9.17, 15) is 4.79 Å². The van der Waals surface area contributed by atoms with E-state index >= 15 is 0 Å². The molecule has 0 saturated carbocycles. The summed E-state index contributed by atoms with van der Waals surface area (Å²) in [5.74, 6) is -0.481. The maximum absolute atomic E-state index is 9.47. The van der Waals surface area contributed by atoms with Crippen LogP contribution in [0.25, 0.3) is 0 Å². The molecule has 0 fully saturated rings. The zero-order chi connectivity index (χ0) is 9.70. The van der Waals surface area contributed by atoms with Crippen molar-refractivity contribution < 1.29 is 15.0 Å². The predicted octanol–water partition coefficient (Wildman–Crippen LogP) is -0.345. The van der Waals surface area contributed by atoms with E-state index in [4.69, 9.17) is 10.2 Å². The largest absolute Gasteiger partial charge is 0.397 e. The second kappa shape index (κ2) is 22.9. The molecule has 68 valence electrons. The molecule has 0 aliphatic heterocycles. The van der Waals surface area contributed by atoms with E-state index in [0.29, 0.717) is 0 Å². The molecular formula is C7H17NO3. The molecule has 0 unspecified atom stereocenters. The molecule has 0 heterocycles. The van der Waals surface area contributed by atoms with Crippen molar-refractivity contribution in [1.29, 1.82) is 0 Å². The van der Waals surface area contributed by atoms with Gasteiger partial charge in [0.2, 0.25) is 5.91 Å². The van der Waals surface area contributed by atoms with E-state index in [-0.39, 0.29) is 13.2 Å². The van der Waals surface area contributed by atoms with Gasteiger partial charge >= 0.3 is 0 Å². The van der Waals surface area contributed by atoms with Gasteiger partial charge < -0.3 is 15.9 Å². The quantitative estimate of drug-likeness (QED) is 0.462. The summed E-state index contributed by atoms with van der Waals surface area (Å²) in [7, 11) is 0. The fraction of sp³-hybridized carbons (Fsp3) is 0.571. The van der Waals surface area contributed by atoms with Crippen molar-refractivity contribution in [3.05, 3.63) is 12.7 Å². The van der Waals surface area contributed by atoms with Crippen LogP contribution in [-0.2, 0) is 4.79 Å². The second-order valence-electron chi connectivity index (χ2n) is 1.24. The molecule has 0 bridgehead atoms. The highest BCUT2D eigenvalue weighted by Crippen LogP contribution is 1.48.